The lowest BCUT2D eigenvalue weighted by Gasteiger charge is -2.22. The first-order valence-electron chi connectivity index (χ1n) is 11.1. The van der Waals surface area contributed by atoms with Gasteiger partial charge in [0, 0.05) is 49.2 Å². The average molecular weight is 455 g/mol. The number of H-pyrrole nitrogens is 1. The highest BCUT2D eigenvalue weighted by atomic mass is 32.2. The second kappa shape index (κ2) is 13.1. The smallest absolute Gasteiger partial charge is 0.315 e. The van der Waals surface area contributed by atoms with Crippen molar-refractivity contribution in [1.82, 2.24) is 4.98 Å². The Morgan fingerprint density at radius 1 is 0.969 bits per heavy atom. The van der Waals surface area contributed by atoms with E-state index in [-0.39, 0.29) is 13.2 Å². The van der Waals surface area contributed by atoms with Crippen LogP contribution in [0.3, 0.4) is 0 Å². The van der Waals surface area contributed by atoms with E-state index in [0.29, 0.717) is 13.1 Å². The Labute approximate surface area is 194 Å². The van der Waals surface area contributed by atoms with Gasteiger partial charge >= 0.3 is 5.16 Å². The van der Waals surface area contributed by atoms with Gasteiger partial charge in [-0.15, -0.1) is 0 Å². The Bertz CT molecular complexity index is 966. The standard InChI is InChI=1S/C25H33N4O2S/c1-27-16-13-26-25(27)32-21-5-4-15-28-14-3-2-6-23(28)10-7-22-8-11-24(12-9-22)29(17-19-30)18-20-31/h2-3,6-14,16,30-31H,4-5,15,17-21H2,1H3/q+1/p+1. The summed E-state index contributed by atoms with van der Waals surface area (Å²) in [5, 5.41) is 19.6. The number of aromatic nitrogens is 3. The van der Waals surface area contributed by atoms with Gasteiger partial charge in [-0.05, 0) is 48.0 Å². The second-order valence-electron chi connectivity index (χ2n) is 7.61. The number of benzene rings is 1. The SMILES string of the molecule is C[n+]1cc[nH]c1SCCCC[n+]1ccccc1/C=C/c1ccc(N(CCO)CCO)cc1. The van der Waals surface area contributed by atoms with Gasteiger partial charge in [-0.2, -0.15) is 4.57 Å². The number of aryl methyl sites for hydroxylation is 2. The van der Waals surface area contributed by atoms with Crippen molar-refractivity contribution in [1.29, 1.82) is 0 Å². The van der Waals surface area contributed by atoms with Crippen LogP contribution < -0.4 is 14.0 Å². The van der Waals surface area contributed by atoms with Crippen molar-refractivity contribution < 1.29 is 19.3 Å². The highest BCUT2D eigenvalue weighted by molar-refractivity contribution is 7.99. The maximum Gasteiger partial charge on any atom is 0.315 e. The van der Waals surface area contributed by atoms with E-state index in [1.807, 2.05) is 41.2 Å². The van der Waals surface area contributed by atoms with Gasteiger partial charge in [0.05, 0.1) is 20.3 Å². The van der Waals surface area contributed by atoms with Gasteiger partial charge < -0.3 is 15.1 Å². The van der Waals surface area contributed by atoms with Crippen LogP contribution >= 0.6 is 11.8 Å². The number of anilines is 1. The normalized spacial score (nSPS) is 11.3. The van der Waals surface area contributed by atoms with Gasteiger partial charge in [0.25, 0.3) is 0 Å². The monoisotopic (exact) mass is 454 g/mol. The van der Waals surface area contributed by atoms with Crippen LogP contribution in [-0.2, 0) is 13.6 Å². The van der Waals surface area contributed by atoms with E-state index in [0.717, 1.165) is 36.4 Å². The quantitative estimate of drug-likeness (QED) is 0.211. The van der Waals surface area contributed by atoms with Crippen LogP contribution in [0, 0.1) is 0 Å². The zero-order chi connectivity index (χ0) is 22.6. The summed E-state index contributed by atoms with van der Waals surface area (Å²) in [5.74, 6) is 1.10. The van der Waals surface area contributed by atoms with E-state index in [1.54, 1.807) is 0 Å². The molecule has 0 atom stereocenters. The first kappa shape index (κ1) is 24.0. The van der Waals surface area contributed by atoms with Gasteiger partial charge in [0.15, 0.2) is 6.20 Å². The number of unbranched alkanes of at least 4 members (excludes halogenated alkanes) is 1. The third-order valence-corrected chi connectivity index (χ3v) is 6.45. The molecule has 0 saturated carbocycles. The third kappa shape index (κ3) is 7.22. The number of nitrogens with one attached hydrogen (secondary N) is 1. The molecule has 32 heavy (non-hydrogen) atoms. The molecule has 0 aliphatic carbocycles. The Morgan fingerprint density at radius 3 is 2.44 bits per heavy atom. The van der Waals surface area contributed by atoms with Gasteiger partial charge in [0.1, 0.15) is 18.9 Å². The van der Waals surface area contributed by atoms with Crippen LogP contribution in [-0.4, -0.2) is 47.3 Å². The van der Waals surface area contributed by atoms with E-state index < -0.39 is 0 Å². The summed E-state index contributed by atoms with van der Waals surface area (Å²) in [6, 6.07) is 14.5. The van der Waals surface area contributed by atoms with E-state index in [9.17, 15) is 10.2 Å². The number of aliphatic hydroxyl groups excluding tert-OH is 2. The molecule has 0 bridgehead atoms. The predicted molar refractivity (Wildman–Crippen MR) is 130 cm³/mol. The maximum absolute atomic E-state index is 9.22. The first-order chi connectivity index (χ1) is 15.7. The lowest BCUT2D eigenvalue weighted by atomic mass is 10.1. The van der Waals surface area contributed by atoms with Crippen LogP contribution in [0.4, 0.5) is 5.69 Å². The molecule has 0 spiro atoms. The number of aliphatic hydroxyl groups is 2. The Kier molecular flexibility index (Phi) is 9.81. The minimum atomic E-state index is 0.0684. The van der Waals surface area contributed by atoms with Crippen molar-refractivity contribution in [2.45, 2.75) is 24.5 Å². The number of rotatable bonds is 13. The molecule has 0 fully saturated rings. The number of pyridine rings is 1. The fraction of sp³-hybridized carbons (Fsp3) is 0.360. The lowest BCUT2D eigenvalue weighted by Crippen LogP contribution is -2.36. The molecule has 3 N–H and O–H groups in total. The summed E-state index contributed by atoms with van der Waals surface area (Å²) in [7, 11) is 2.06. The fourth-order valence-electron chi connectivity index (χ4n) is 3.52. The summed E-state index contributed by atoms with van der Waals surface area (Å²) >= 11 is 1.86. The predicted octanol–water partition coefficient (Wildman–Crippen LogP) is 2.66. The molecule has 1 aromatic carbocycles. The van der Waals surface area contributed by atoms with Gasteiger partial charge in [-0.3, -0.25) is 0 Å². The molecule has 3 aromatic rings. The molecular formula is C25H34N4O2S+2. The molecule has 2 heterocycles. The number of aromatic amines is 1. The van der Waals surface area contributed by atoms with Gasteiger partial charge in [-0.25, -0.2) is 9.55 Å². The molecule has 0 amide bonds. The van der Waals surface area contributed by atoms with Crippen molar-refractivity contribution in [2.75, 3.05) is 37.0 Å². The van der Waals surface area contributed by atoms with E-state index in [4.69, 9.17) is 0 Å². The number of thioether (sulfide) groups is 1. The molecule has 0 aliphatic rings. The molecule has 2 aromatic heterocycles. The molecule has 6 nitrogen and oxygen atoms in total. The van der Waals surface area contributed by atoms with Crippen molar-refractivity contribution in [3.05, 3.63) is 72.3 Å². The molecule has 170 valence electrons. The van der Waals surface area contributed by atoms with Crippen molar-refractivity contribution >= 4 is 29.6 Å². The van der Waals surface area contributed by atoms with Crippen LogP contribution in [0.2, 0.25) is 0 Å². The number of imidazole rings is 1. The van der Waals surface area contributed by atoms with Crippen LogP contribution in [0.5, 0.6) is 0 Å². The fourth-order valence-corrected chi connectivity index (χ4v) is 4.48. The number of nitrogens with zero attached hydrogens (tertiary/aromatic N) is 3. The van der Waals surface area contributed by atoms with Gasteiger partial charge in [-0.1, -0.05) is 12.1 Å². The Balaban J connectivity index is 1.54. The average Bonchev–Trinajstić information content (AvgIpc) is 3.23. The highest BCUT2D eigenvalue weighted by Crippen LogP contribution is 2.16. The minimum absolute atomic E-state index is 0.0684. The minimum Gasteiger partial charge on any atom is -0.395 e. The zero-order valence-electron chi connectivity index (χ0n) is 18.7. The number of hydrogen-bond donors (Lipinski definition) is 3. The van der Waals surface area contributed by atoms with Crippen molar-refractivity contribution in [3.63, 3.8) is 0 Å². The molecule has 3 rings (SSSR count). The molecule has 0 aliphatic heterocycles. The van der Waals surface area contributed by atoms with Crippen molar-refractivity contribution in [3.8, 4) is 0 Å². The topological polar surface area (TPSA) is 67.2 Å². The summed E-state index contributed by atoms with van der Waals surface area (Å²) in [6.07, 6.45) is 12.7. The summed E-state index contributed by atoms with van der Waals surface area (Å²) in [4.78, 5) is 5.24. The first-order valence-corrected chi connectivity index (χ1v) is 12.1. The summed E-state index contributed by atoms with van der Waals surface area (Å²) < 4.78 is 4.41. The largest absolute Gasteiger partial charge is 0.395 e. The van der Waals surface area contributed by atoms with E-state index in [1.165, 1.54) is 10.9 Å². The summed E-state index contributed by atoms with van der Waals surface area (Å²) in [6.45, 7) is 2.16. The Hall–Kier alpha value is -2.61. The van der Waals surface area contributed by atoms with Gasteiger partial charge in [0.2, 0.25) is 5.69 Å². The zero-order valence-corrected chi connectivity index (χ0v) is 19.5. The molecule has 7 heteroatoms. The lowest BCUT2D eigenvalue weighted by molar-refractivity contribution is -0.708. The van der Waals surface area contributed by atoms with Crippen LogP contribution in [0.15, 0.2) is 66.2 Å². The molecule has 0 unspecified atom stereocenters. The highest BCUT2D eigenvalue weighted by Gasteiger charge is 2.09. The van der Waals surface area contributed by atoms with E-state index >= 15 is 0 Å². The Morgan fingerprint density at radius 2 is 1.75 bits per heavy atom. The summed E-state index contributed by atoms with van der Waals surface area (Å²) in [5.41, 5.74) is 3.31. The maximum atomic E-state index is 9.22. The van der Waals surface area contributed by atoms with E-state index in [2.05, 4.69) is 69.8 Å². The third-order valence-electron chi connectivity index (χ3n) is 5.28. The van der Waals surface area contributed by atoms with Crippen LogP contribution in [0.25, 0.3) is 12.2 Å². The number of hydrogen-bond acceptors (Lipinski definition) is 4. The molecule has 0 radical (unpaired) electrons. The molecule has 0 saturated heterocycles. The van der Waals surface area contributed by atoms with Crippen molar-refractivity contribution in [2.24, 2.45) is 7.05 Å². The second-order valence-corrected chi connectivity index (χ2v) is 8.69. The van der Waals surface area contributed by atoms with Crippen LogP contribution in [0.1, 0.15) is 24.1 Å². The molecular weight excluding hydrogens is 420 g/mol.